The molecule has 0 spiro atoms. The van der Waals surface area contributed by atoms with Gasteiger partial charge in [0.25, 0.3) is 5.91 Å². The summed E-state index contributed by atoms with van der Waals surface area (Å²) in [6, 6.07) is 10.6. The third-order valence-corrected chi connectivity index (χ3v) is 3.65. The molecule has 1 aromatic heterocycles. The number of amides is 1. The Balaban J connectivity index is 2.10. The van der Waals surface area contributed by atoms with Gasteiger partial charge in [-0.3, -0.25) is 14.5 Å². The number of rotatable bonds is 4. The fraction of sp³-hybridized carbons (Fsp3) is 0.0556. The number of carbonyl (C=O) groups is 2. The lowest BCUT2D eigenvalue weighted by atomic mass is 10.1. The number of hydrogen-bond donors (Lipinski definition) is 3. The summed E-state index contributed by atoms with van der Waals surface area (Å²) in [5.41, 5.74) is -0.941. The van der Waals surface area contributed by atoms with Gasteiger partial charge in [0.2, 0.25) is 0 Å². The van der Waals surface area contributed by atoms with Crippen LogP contribution in [0.15, 0.2) is 57.7 Å². The summed E-state index contributed by atoms with van der Waals surface area (Å²) in [6.45, 7) is -0.693. The summed E-state index contributed by atoms with van der Waals surface area (Å²) < 4.78 is 5.08. The molecule has 0 aliphatic heterocycles. The molecule has 2 aromatic carbocycles. The highest BCUT2D eigenvalue weighted by atomic mass is 16.4. The van der Waals surface area contributed by atoms with Crippen LogP contribution in [0.5, 0.6) is 11.5 Å². The zero-order chi connectivity index (χ0) is 18.8. The molecule has 8 nitrogen and oxygen atoms in total. The molecule has 0 atom stereocenters. The van der Waals surface area contributed by atoms with Crippen LogP contribution >= 0.6 is 0 Å². The Morgan fingerprint density at radius 1 is 0.962 bits per heavy atom. The van der Waals surface area contributed by atoms with Gasteiger partial charge in [0, 0.05) is 11.1 Å². The third kappa shape index (κ3) is 3.34. The second-order valence-electron chi connectivity index (χ2n) is 5.47. The monoisotopic (exact) mass is 355 g/mol. The predicted molar refractivity (Wildman–Crippen MR) is 91.6 cm³/mol. The minimum Gasteiger partial charge on any atom is -0.508 e. The second kappa shape index (κ2) is 6.60. The number of fused-ring (bicyclic) bond motifs is 1. The number of nitrogens with zero attached hydrogens (tertiary/aromatic N) is 1. The molecule has 3 aromatic rings. The Hall–Kier alpha value is -3.81. The van der Waals surface area contributed by atoms with Crippen LogP contribution in [0.25, 0.3) is 11.0 Å². The summed E-state index contributed by atoms with van der Waals surface area (Å²) in [5, 5.41) is 28.3. The Bertz CT molecular complexity index is 1050. The fourth-order valence-corrected chi connectivity index (χ4v) is 2.45. The van der Waals surface area contributed by atoms with Crippen molar-refractivity contribution in [3.05, 3.63) is 64.5 Å². The van der Waals surface area contributed by atoms with Gasteiger partial charge < -0.3 is 19.7 Å². The van der Waals surface area contributed by atoms with Crippen molar-refractivity contribution in [1.29, 1.82) is 0 Å². The maximum absolute atomic E-state index is 12.8. The Labute approximate surface area is 146 Å². The molecule has 3 rings (SSSR count). The summed E-state index contributed by atoms with van der Waals surface area (Å²) in [6.07, 6.45) is 0. The summed E-state index contributed by atoms with van der Waals surface area (Å²) in [5.74, 6) is -2.30. The van der Waals surface area contributed by atoms with Crippen LogP contribution in [-0.4, -0.2) is 33.7 Å². The zero-order valence-electron chi connectivity index (χ0n) is 13.2. The van der Waals surface area contributed by atoms with Crippen molar-refractivity contribution in [2.75, 3.05) is 11.4 Å². The molecular weight excluding hydrogens is 342 g/mol. The summed E-state index contributed by atoms with van der Waals surface area (Å²) in [4.78, 5) is 37.0. The molecule has 26 heavy (non-hydrogen) atoms. The number of carboxylic acid groups (broad SMARTS) is 1. The van der Waals surface area contributed by atoms with E-state index in [-0.39, 0.29) is 28.3 Å². The lowest BCUT2D eigenvalue weighted by Crippen LogP contribution is -2.38. The minimum atomic E-state index is -1.28. The van der Waals surface area contributed by atoms with Crippen LogP contribution in [-0.2, 0) is 4.79 Å². The van der Waals surface area contributed by atoms with E-state index in [1.54, 1.807) is 0 Å². The number of carboxylic acids is 1. The minimum absolute atomic E-state index is 0.0582. The van der Waals surface area contributed by atoms with E-state index >= 15 is 0 Å². The predicted octanol–water partition coefficient (Wildman–Crippen LogP) is 1.94. The summed E-state index contributed by atoms with van der Waals surface area (Å²) >= 11 is 0. The van der Waals surface area contributed by atoms with E-state index in [9.17, 15) is 24.6 Å². The van der Waals surface area contributed by atoms with Gasteiger partial charge in [-0.2, -0.15) is 0 Å². The third-order valence-electron chi connectivity index (χ3n) is 3.65. The Kier molecular flexibility index (Phi) is 4.32. The van der Waals surface area contributed by atoms with E-state index in [4.69, 9.17) is 9.52 Å². The normalized spacial score (nSPS) is 10.6. The number of aromatic hydroxyl groups is 2. The van der Waals surface area contributed by atoms with E-state index in [0.717, 1.165) is 4.90 Å². The number of benzene rings is 2. The van der Waals surface area contributed by atoms with Crippen molar-refractivity contribution in [3.63, 3.8) is 0 Å². The molecule has 0 saturated carbocycles. The molecule has 0 radical (unpaired) electrons. The first-order valence-corrected chi connectivity index (χ1v) is 7.45. The van der Waals surface area contributed by atoms with Gasteiger partial charge in [0.15, 0.2) is 0 Å². The standard InChI is InChI=1S/C18H13NO7/c20-12-3-1-11(2-4-12)19(9-16(22)23)17(24)14-8-10-7-13(21)5-6-15(10)26-18(14)25/h1-8,20-21H,9H2,(H,22,23). The van der Waals surface area contributed by atoms with Crippen LogP contribution in [0.1, 0.15) is 10.4 Å². The number of phenols is 2. The molecule has 0 aliphatic carbocycles. The van der Waals surface area contributed by atoms with Crippen molar-refractivity contribution >= 4 is 28.5 Å². The SMILES string of the molecule is O=C(O)CN(C(=O)c1cc2cc(O)ccc2oc1=O)c1ccc(O)cc1. The topological polar surface area (TPSA) is 128 Å². The maximum atomic E-state index is 12.8. The Morgan fingerprint density at radius 3 is 2.27 bits per heavy atom. The van der Waals surface area contributed by atoms with E-state index in [1.807, 2.05) is 0 Å². The Morgan fingerprint density at radius 2 is 1.62 bits per heavy atom. The van der Waals surface area contributed by atoms with Gasteiger partial charge in [0.1, 0.15) is 29.2 Å². The van der Waals surface area contributed by atoms with E-state index in [0.29, 0.717) is 5.39 Å². The molecule has 8 heteroatoms. The molecule has 1 amide bonds. The quantitative estimate of drug-likeness (QED) is 0.610. The smallest absolute Gasteiger partial charge is 0.349 e. The van der Waals surface area contributed by atoms with E-state index in [1.165, 1.54) is 48.5 Å². The van der Waals surface area contributed by atoms with Gasteiger partial charge >= 0.3 is 11.6 Å². The molecule has 3 N–H and O–H groups in total. The van der Waals surface area contributed by atoms with Gasteiger partial charge in [-0.05, 0) is 48.5 Å². The first kappa shape index (κ1) is 17.0. The van der Waals surface area contributed by atoms with Crippen molar-refractivity contribution < 1.29 is 29.3 Å². The highest BCUT2D eigenvalue weighted by molar-refractivity contribution is 6.09. The van der Waals surface area contributed by atoms with Crippen molar-refractivity contribution in [3.8, 4) is 11.5 Å². The number of phenolic OH excluding ortho intramolecular Hbond substituents is 2. The van der Waals surface area contributed by atoms with Gasteiger partial charge in [-0.25, -0.2) is 4.79 Å². The van der Waals surface area contributed by atoms with Crippen molar-refractivity contribution in [1.82, 2.24) is 0 Å². The average Bonchev–Trinajstić information content (AvgIpc) is 2.59. The fourth-order valence-electron chi connectivity index (χ4n) is 2.45. The number of anilines is 1. The molecular formula is C18H13NO7. The van der Waals surface area contributed by atoms with E-state index in [2.05, 4.69) is 0 Å². The molecule has 0 fully saturated rings. The van der Waals surface area contributed by atoms with Gasteiger partial charge in [0.05, 0.1) is 0 Å². The second-order valence-corrected chi connectivity index (χ2v) is 5.47. The van der Waals surface area contributed by atoms with Gasteiger partial charge in [-0.15, -0.1) is 0 Å². The number of hydrogen-bond acceptors (Lipinski definition) is 6. The highest BCUT2D eigenvalue weighted by Gasteiger charge is 2.24. The number of aliphatic carboxylic acids is 1. The molecule has 1 heterocycles. The molecule has 132 valence electrons. The maximum Gasteiger partial charge on any atom is 0.349 e. The molecule has 0 aliphatic rings. The van der Waals surface area contributed by atoms with Crippen LogP contribution in [0.3, 0.4) is 0 Å². The lowest BCUT2D eigenvalue weighted by molar-refractivity contribution is -0.135. The average molecular weight is 355 g/mol. The van der Waals surface area contributed by atoms with Crippen LogP contribution in [0.2, 0.25) is 0 Å². The van der Waals surface area contributed by atoms with E-state index < -0.39 is 24.0 Å². The molecule has 0 saturated heterocycles. The number of carbonyl (C=O) groups excluding carboxylic acids is 1. The van der Waals surface area contributed by atoms with Crippen LogP contribution < -0.4 is 10.5 Å². The first-order valence-electron chi connectivity index (χ1n) is 7.45. The van der Waals surface area contributed by atoms with Gasteiger partial charge in [-0.1, -0.05) is 0 Å². The molecule has 0 unspecified atom stereocenters. The van der Waals surface area contributed by atoms with Crippen molar-refractivity contribution in [2.45, 2.75) is 0 Å². The zero-order valence-corrected chi connectivity index (χ0v) is 13.2. The first-order chi connectivity index (χ1) is 12.3. The van der Waals surface area contributed by atoms with Crippen LogP contribution in [0, 0.1) is 0 Å². The van der Waals surface area contributed by atoms with Crippen LogP contribution in [0.4, 0.5) is 5.69 Å². The lowest BCUT2D eigenvalue weighted by Gasteiger charge is -2.20. The summed E-state index contributed by atoms with van der Waals surface area (Å²) in [7, 11) is 0. The highest BCUT2D eigenvalue weighted by Crippen LogP contribution is 2.23. The van der Waals surface area contributed by atoms with Crippen molar-refractivity contribution in [2.24, 2.45) is 0 Å². The largest absolute Gasteiger partial charge is 0.508 e. The molecule has 0 bridgehead atoms.